The number of rotatable bonds is 6. The Morgan fingerprint density at radius 2 is 2.37 bits per heavy atom. The molecule has 1 aromatic carbocycles. The van der Waals surface area contributed by atoms with Gasteiger partial charge in [0.15, 0.2) is 0 Å². The number of aliphatic hydroxyl groups is 1. The van der Waals surface area contributed by atoms with E-state index in [1.165, 1.54) is 5.56 Å². The first kappa shape index (κ1) is 14.1. The molecule has 1 aromatic rings. The van der Waals surface area contributed by atoms with Crippen LogP contribution in [-0.2, 0) is 6.42 Å². The summed E-state index contributed by atoms with van der Waals surface area (Å²) in [6, 6.07) is 8.54. The second-order valence-electron chi connectivity index (χ2n) is 5.24. The van der Waals surface area contributed by atoms with Gasteiger partial charge in [0.1, 0.15) is 5.75 Å². The van der Waals surface area contributed by atoms with Gasteiger partial charge in [-0.25, -0.2) is 0 Å². The van der Waals surface area contributed by atoms with Crippen molar-refractivity contribution in [3.8, 4) is 5.75 Å². The number of nitrogens with zero attached hydrogens (tertiary/aromatic N) is 1. The first-order valence-corrected chi connectivity index (χ1v) is 6.85. The van der Waals surface area contributed by atoms with E-state index < -0.39 is 0 Å². The average molecular weight is 261 g/mol. The third kappa shape index (κ3) is 3.58. The van der Waals surface area contributed by atoms with E-state index in [2.05, 4.69) is 23.6 Å². The highest BCUT2D eigenvalue weighted by Gasteiger charge is 2.30. The molecule has 0 saturated carbocycles. The van der Waals surface area contributed by atoms with Crippen molar-refractivity contribution >= 4 is 0 Å². The summed E-state index contributed by atoms with van der Waals surface area (Å²) in [5.74, 6) is 1.52. The summed E-state index contributed by atoms with van der Waals surface area (Å²) >= 11 is 0. The second kappa shape index (κ2) is 6.73. The molecule has 19 heavy (non-hydrogen) atoms. The number of hydrogen-bond donors (Lipinski definition) is 1. The molecule has 1 fully saturated rings. The Bertz CT molecular complexity index is 419. The summed E-state index contributed by atoms with van der Waals surface area (Å²) in [5, 5.41) is 9.43. The lowest BCUT2D eigenvalue weighted by molar-refractivity contribution is 0.170. The van der Waals surface area contributed by atoms with Gasteiger partial charge >= 0.3 is 0 Å². The number of hydrogen-bond acceptors (Lipinski definition) is 3. The molecule has 2 rings (SSSR count). The van der Waals surface area contributed by atoms with Crippen molar-refractivity contribution in [2.75, 3.05) is 26.8 Å². The van der Waals surface area contributed by atoms with Crippen LogP contribution in [-0.4, -0.2) is 42.9 Å². The molecular weight excluding hydrogens is 238 g/mol. The summed E-state index contributed by atoms with van der Waals surface area (Å²) in [6.45, 7) is 5.92. The minimum atomic E-state index is 0.239. The highest BCUT2D eigenvalue weighted by molar-refractivity contribution is 5.28. The summed E-state index contributed by atoms with van der Waals surface area (Å²) in [6.07, 6.45) is 4.01. The molecule has 1 N–H and O–H groups in total. The van der Waals surface area contributed by atoms with Crippen molar-refractivity contribution in [2.24, 2.45) is 5.92 Å². The molecule has 0 bridgehead atoms. The molecule has 0 aliphatic carbocycles. The normalized spacial score (nSPS) is 23.5. The molecule has 1 saturated heterocycles. The van der Waals surface area contributed by atoms with Crippen LogP contribution in [0.25, 0.3) is 0 Å². The zero-order valence-corrected chi connectivity index (χ0v) is 11.6. The fourth-order valence-corrected chi connectivity index (χ4v) is 2.95. The van der Waals surface area contributed by atoms with E-state index in [-0.39, 0.29) is 12.6 Å². The van der Waals surface area contributed by atoms with Crippen molar-refractivity contribution in [2.45, 2.75) is 18.9 Å². The molecular formula is C16H23NO2. The van der Waals surface area contributed by atoms with E-state index in [0.717, 1.165) is 31.7 Å². The standard InChI is InChI=1S/C16H23NO2/c1-3-7-17-11-14(9-15(17)12-18)8-13-5-4-6-16(10-13)19-2/h3-6,10,14-15,18H,1,7-9,11-12H2,2H3/t14-,15+/m0/s1. The third-order valence-corrected chi connectivity index (χ3v) is 3.85. The summed E-state index contributed by atoms with van der Waals surface area (Å²) in [4.78, 5) is 2.32. The van der Waals surface area contributed by atoms with E-state index in [0.29, 0.717) is 5.92 Å². The fourth-order valence-electron chi connectivity index (χ4n) is 2.95. The van der Waals surface area contributed by atoms with Gasteiger partial charge in [-0.2, -0.15) is 0 Å². The smallest absolute Gasteiger partial charge is 0.119 e. The Hall–Kier alpha value is -1.32. The van der Waals surface area contributed by atoms with E-state index in [1.54, 1.807) is 7.11 Å². The highest BCUT2D eigenvalue weighted by Crippen LogP contribution is 2.27. The van der Waals surface area contributed by atoms with Gasteiger partial charge in [-0.1, -0.05) is 18.2 Å². The van der Waals surface area contributed by atoms with Crippen LogP contribution >= 0.6 is 0 Å². The average Bonchev–Trinajstić information content (AvgIpc) is 2.81. The quantitative estimate of drug-likeness (QED) is 0.796. The predicted octanol–water partition coefficient (Wildman–Crippen LogP) is 2.11. The lowest BCUT2D eigenvalue weighted by Crippen LogP contribution is -2.32. The Morgan fingerprint density at radius 3 is 3.05 bits per heavy atom. The first-order chi connectivity index (χ1) is 9.26. The predicted molar refractivity (Wildman–Crippen MR) is 77.4 cm³/mol. The van der Waals surface area contributed by atoms with Crippen molar-refractivity contribution in [1.29, 1.82) is 0 Å². The van der Waals surface area contributed by atoms with Gasteiger partial charge in [-0.15, -0.1) is 6.58 Å². The van der Waals surface area contributed by atoms with Crippen molar-refractivity contribution in [3.05, 3.63) is 42.5 Å². The number of aliphatic hydroxyl groups excluding tert-OH is 1. The highest BCUT2D eigenvalue weighted by atomic mass is 16.5. The summed E-state index contributed by atoms with van der Waals surface area (Å²) in [5.41, 5.74) is 1.31. The van der Waals surface area contributed by atoms with Gasteiger partial charge < -0.3 is 9.84 Å². The Labute approximate surface area is 115 Å². The molecule has 0 unspecified atom stereocenters. The zero-order chi connectivity index (χ0) is 13.7. The van der Waals surface area contributed by atoms with Crippen LogP contribution < -0.4 is 4.74 Å². The van der Waals surface area contributed by atoms with Crippen LogP contribution in [0.4, 0.5) is 0 Å². The van der Waals surface area contributed by atoms with Crippen molar-refractivity contribution < 1.29 is 9.84 Å². The molecule has 1 aliphatic rings. The minimum absolute atomic E-state index is 0.239. The molecule has 0 aromatic heterocycles. The Kier molecular flexibility index (Phi) is 5.00. The molecule has 0 radical (unpaired) electrons. The van der Waals surface area contributed by atoms with E-state index in [9.17, 15) is 5.11 Å². The van der Waals surface area contributed by atoms with Crippen LogP contribution in [0.5, 0.6) is 5.75 Å². The van der Waals surface area contributed by atoms with Crippen LogP contribution in [0.1, 0.15) is 12.0 Å². The lowest BCUT2D eigenvalue weighted by atomic mass is 9.97. The lowest BCUT2D eigenvalue weighted by Gasteiger charge is -2.20. The van der Waals surface area contributed by atoms with Gasteiger partial charge in [0.05, 0.1) is 13.7 Å². The van der Waals surface area contributed by atoms with E-state index in [1.807, 2.05) is 18.2 Å². The summed E-state index contributed by atoms with van der Waals surface area (Å²) < 4.78 is 5.26. The third-order valence-electron chi connectivity index (χ3n) is 3.85. The zero-order valence-electron chi connectivity index (χ0n) is 11.6. The number of ether oxygens (including phenoxy) is 1. The van der Waals surface area contributed by atoms with Crippen molar-refractivity contribution in [3.63, 3.8) is 0 Å². The van der Waals surface area contributed by atoms with E-state index >= 15 is 0 Å². The van der Waals surface area contributed by atoms with Gasteiger partial charge in [0.25, 0.3) is 0 Å². The SMILES string of the molecule is C=CCN1C[C@@H](Cc2cccc(OC)c2)C[C@@H]1CO. The van der Waals surface area contributed by atoms with Gasteiger partial charge in [-0.3, -0.25) is 4.90 Å². The second-order valence-corrected chi connectivity index (χ2v) is 5.24. The fraction of sp³-hybridized carbons (Fsp3) is 0.500. The van der Waals surface area contributed by atoms with Crippen LogP contribution in [0.15, 0.2) is 36.9 Å². The molecule has 104 valence electrons. The number of methoxy groups -OCH3 is 1. The maximum atomic E-state index is 9.43. The molecule has 3 heteroatoms. The molecule has 1 aliphatic heterocycles. The van der Waals surface area contributed by atoms with Crippen LogP contribution in [0.3, 0.4) is 0 Å². The van der Waals surface area contributed by atoms with Gasteiger partial charge in [-0.05, 0) is 36.5 Å². The van der Waals surface area contributed by atoms with E-state index in [4.69, 9.17) is 4.74 Å². The molecule has 2 atom stereocenters. The summed E-state index contributed by atoms with van der Waals surface area (Å²) in [7, 11) is 1.70. The molecule has 1 heterocycles. The Morgan fingerprint density at radius 1 is 1.53 bits per heavy atom. The van der Waals surface area contributed by atoms with Crippen LogP contribution in [0, 0.1) is 5.92 Å². The molecule has 0 amide bonds. The Balaban J connectivity index is 1.97. The molecule has 3 nitrogen and oxygen atoms in total. The minimum Gasteiger partial charge on any atom is -0.497 e. The van der Waals surface area contributed by atoms with Crippen molar-refractivity contribution in [1.82, 2.24) is 4.90 Å². The maximum Gasteiger partial charge on any atom is 0.119 e. The van der Waals surface area contributed by atoms with Gasteiger partial charge in [0, 0.05) is 19.1 Å². The monoisotopic (exact) mass is 261 g/mol. The van der Waals surface area contributed by atoms with Gasteiger partial charge in [0.2, 0.25) is 0 Å². The number of benzene rings is 1. The molecule has 0 spiro atoms. The first-order valence-electron chi connectivity index (χ1n) is 6.85. The number of likely N-dealkylation sites (tertiary alicyclic amines) is 1. The topological polar surface area (TPSA) is 32.7 Å². The maximum absolute atomic E-state index is 9.43. The van der Waals surface area contributed by atoms with Crippen LogP contribution in [0.2, 0.25) is 0 Å². The largest absolute Gasteiger partial charge is 0.497 e.